The minimum Gasteiger partial charge on any atom is -0.374 e. The quantitative estimate of drug-likeness (QED) is 0.845. The summed E-state index contributed by atoms with van der Waals surface area (Å²) in [6, 6.07) is 11.7. The van der Waals surface area contributed by atoms with Crippen molar-refractivity contribution in [1.29, 1.82) is 0 Å². The Bertz CT molecular complexity index is 978. The van der Waals surface area contributed by atoms with E-state index in [4.69, 9.17) is 0 Å². The van der Waals surface area contributed by atoms with Crippen molar-refractivity contribution in [3.05, 3.63) is 53.6 Å². The SMILES string of the molecule is CN1CCc2cc(S(=O)(=O)Nc3cccc(C(=O)NC(C)(C)C)c3)ccc21. The molecule has 3 rings (SSSR count). The molecule has 0 saturated carbocycles. The van der Waals surface area contributed by atoms with Gasteiger partial charge in [-0.1, -0.05) is 6.07 Å². The number of fused-ring (bicyclic) bond motifs is 1. The van der Waals surface area contributed by atoms with Gasteiger partial charge in [-0.15, -0.1) is 0 Å². The Labute approximate surface area is 160 Å². The number of sulfonamides is 1. The van der Waals surface area contributed by atoms with E-state index in [0.717, 1.165) is 24.2 Å². The van der Waals surface area contributed by atoms with Crippen LogP contribution in [0.1, 0.15) is 36.7 Å². The van der Waals surface area contributed by atoms with Crippen LogP contribution in [-0.2, 0) is 16.4 Å². The Morgan fingerprint density at radius 3 is 2.56 bits per heavy atom. The fourth-order valence-electron chi connectivity index (χ4n) is 3.06. The van der Waals surface area contributed by atoms with Crippen LogP contribution in [0.3, 0.4) is 0 Å². The van der Waals surface area contributed by atoms with Gasteiger partial charge < -0.3 is 10.2 Å². The van der Waals surface area contributed by atoms with Crippen molar-refractivity contribution >= 4 is 27.3 Å². The molecule has 1 amide bonds. The largest absolute Gasteiger partial charge is 0.374 e. The van der Waals surface area contributed by atoms with E-state index in [-0.39, 0.29) is 16.3 Å². The smallest absolute Gasteiger partial charge is 0.261 e. The second-order valence-corrected chi connectivity index (χ2v) is 9.53. The number of amides is 1. The standard InChI is InChI=1S/C20H25N3O3S/c1-20(2,3)21-19(24)15-6-5-7-16(12-15)22-27(25,26)17-8-9-18-14(13-17)10-11-23(18)4/h5-9,12-13,22H,10-11H2,1-4H3,(H,21,24). The van der Waals surface area contributed by atoms with Crippen LogP contribution in [0.25, 0.3) is 0 Å². The first-order chi connectivity index (χ1) is 12.5. The number of nitrogens with one attached hydrogen (secondary N) is 2. The minimum atomic E-state index is -3.73. The van der Waals surface area contributed by atoms with E-state index >= 15 is 0 Å². The zero-order valence-electron chi connectivity index (χ0n) is 16.0. The molecule has 2 aromatic rings. The number of rotatable bonds is 4. The normalized spacial score (nSPS) is 14.0. The molecular formula is C20H25N3O3S. The van der Waals surface area contributed by atoms with E-state index in [9.17, 15) is 13.2 Å². The second-order valence-electron chi connectivity index (χ2n) is 7.85. The number of anilines is 2. The number of carbonyl (C=O) groups is 1. The predicted molar refractivity (Wildman–Crippen MR) is 108 cm³/mol. The third-order valence-corrected chi connectivity index (χ3v) is 5.73. The topological polar surface area (TPSA) is 78.5 Å². The zero-order valence-corrected chi connectivity index (χ0v) is 16.9. The third kappa shape index (κ3) is 4.42. The van der Waals surface area contributed by atoms with Crippen LogP contribution < -0.4 is 14.9 Å². The molecule has 0 spiro atoms. The molecular weight excluding hydrogens is 362 g/mol. The summed E-state index contributed by atoms with van der Waals surface area (Å²) in [7, 11) is -1.74. The number of hydrogen-bond donors (Lipinski definition) is 2. The Morgan fingerprint density at radius 1 is 1.11 bits per heavy atom. The number of benzene rings is 2. The van der Waals surface area contributed by atoms with Gasteiger partial charge in [0.05, 0.1) is 4.90 Å². The molecule has 27 heavy (non-hydrogen) atoms. The molecule has 2 aromatic carbocycles. The van der Waals surface area contributed by atoms with Crippen LogP contribution in [-0.4, -0.2) is 33.5 Å². The maximum absolute atomic E-state index is 12.8. The molecule has 0 aromatic heterocycles. The number of likely N-dealkylation sites (N-methyl/N-ethyl adjacent to an activating group) is 1. The Hall–Kier alpha value is -2.54. The Morgan fingerprint density at radius 2 is 1.85 bits per heavy atom. The van der Waals surface area contributed by atoms with E-state index in [2.05, 4.69) is 14.9 Å². The van der Waals surface area contributed by atoms with Crippen LogP contribution in [0.5, 0.6) is 0 Å². The van der Waals surface area contributed by atoms with E-state index in [1.807, 2.05) is 33.9 Å². The summed E-state index contributed by atoms with van der Waals surface area (Å²) in [4.78, 5) is 14.6. The molecule has 1 heterocycles. The molecule has 144 valence electrons. The van der Waals surface area contributed by atoms with Crippen molar-refractivity contribution in [2.75, 3.05) is 23.2 Å². The number of hydrogen-bond acceptors (Lipinski definition) is 4. The first-order valence-electron chi connectivity index (χ1n) is 8.85. The van der Waals surface area contributed by atoms with Crippen molar-refractivity contribution in [2.45, 2.75) is 37.6 Å². The van der Waals surface area contributed by atoms with Crippen LogP contribution in [0.4, 0.5) is 11.4 Å². The van der Waals surface area contributed by atoms with Gasteiger partial charge in [-0.3, -0.25) is 9.52 Å². The molecule has 1 aliphatic heterocycles. The van der Waals surface area contributed by atoms with Crippen LogP contribution in [0.15, 0.2) is 47.4 Å². The van der Waals surface area contributed by atoms with Gasteiger partial charge in [0.1, 0.15) is 0 Å². The maximum Gasteiger partial charge on any atom is 0.261 e. The summed E-state index contributed by atoms with van der Waals surface area (Å²) in [6.45, 7) is 6.56. The molecule has 1 aliphatic rings. The van der Waals surface area contributed by atoms with E-state index in [1.54, 1.807) is 36.4 Å². The van der Waals surface area contributed by atoms with Gasteiger partial charge in [-0.25, -0.2) is 8.42 Å². The molecule has 0 radical (unpaired) electrons. The molecule has 0 aliphatic carbocycles. The summed E-state index contributed by atoms with van der Waals surface area (Å²) in [5, 5.41) is 2.87. The van der Waals surface area contributed by atoms with Gasteiger partial charge in [-0.05, 0) is 69.2 Å². The van der Waals surface area contributed by atoms with Crippen LogP contribution in [0, 0.1) is 0 Å². The summed E-state index contributed by atoms with van der Waals surface area (Å²) in [5.74, 6) is -0.246. The predicted octanol–water partition coefficient (Wildman–Crippen LogP) is 3.01. The molecule has 0 fully saturated rings. The fourth-order valence-corrected chi connectivity index (χ4v) is 4.16. The van der Waals surface area contributed by atoms with Gasteiger partial charge in [-0.2, -0.15) is 0 Å². The number of nitrogens with zero attached hydrogens (tertiary/aromatic N) is 1. The highest BCUT2D eigenvalue weighted by molar-refractivity contribution is 7.92. The summed E-state index contributed by atoms with van der Waals surface area (Å²) >= 11 is 0. The molecule has 0 unspecified atom stereocenters. The van der Waals surface area contributed by atoms with Crippen molar-refractivity contribution in [3.63, 3.8) is 0 Å². The van der Waals surface area contributed by atoms with Crippen LogP contribution >= 0.6 is 0 Å². The summed E-state index contributed by atoms with van der Waals surface area (Å²) < 4.78 is 28.1. The second kappa shape index (κ2) is 6.88. The Kier molecular flexibility index (Phi) is 4.90. The summed E-state index contributed by atoms with van der Waals surface area (Å²) in [6.07, 6.45) is 0.831. The van der Waals surface area contributed by atoms with Gasteiger partial charge >= 0.3 is 0 Å². The lowest BCUT2D eigenvalue weighted by atomic mass is 10.1. The highest BCUT2D eigenvalue weighted by Gasteiger charge is 2.21. The molecule has 0 bridgehead atoms. The Balaban J connectivity index is 1.82. The van der Waals surface area contributed by atoms with Crippen molar-refractivity contribution < 1.29 is 13.2 Å². The first kappa shape index (κ1) is 19.2. The van der Waals surface area contributed by atoms with Gasteiger partial charge in [0.25, 0.3) is 15.9 Å². The average Bonchev–Trinajstić information content (AvgIpc) is 2.94. The van der Waals surface area contributed by atoms with Gasteiger partial charge in [0, 0.05) is 36.1 Å². The molecule has 0 atom stereocenters. The fraction of sp³-hybridized carbons (Fsp3) is 0.350. The average molecular weight is 388 g/mol. The summed E-state index contributed by atoms with van der Waals surface area (Å²) in [5.41, 5.74) is 2.48. The van der Waals surface area contributed by atoms with E-state index in [1.165, 1.54) is 0 Å². The lowest BCUT2D eigenvalue weighted by Gasteiger charge is -2.20. The van der Waals surface area contributed by atoms with Gasteiger partial charge in [0.15, 0.2) is 0 Å². The van der Waals surface area contributed by atoms with E-state index in [0.29, 0.717) is 11.3 Å². The zero-order chi connectivity index (χ0) is 19.8. The minimum absolute atomic E-state index is 0.223. The molecule has 6 nitrogen and oxygen atoms in total. The van der Waals surface area contributed by atoms with Crippen molar-refractivity contribution in [3.8, 4) is 0 Å². The molecule has 7 heteroatoms. The first-order valence-corrected chi connectivity index (χ1v) is 10.3. The molecule has 2 N–H and O–H groups in total. The van der Waals surface area contributed by atoms with E-state index < -0.39 is 10.0 Å². The maximum atomic E-state index is 12.8. The van der Waals surface area contributed by atoms with Crippen molar-refractivity contribution in [1.82, 2.24) is 5.32 Å². The third-order valence-electron chi connectivity index (χ3n) is 4.35. The van der Waals surface area contributed by atoms with Crippen LogP contribution in [0.2, 0.25) is 0 Å². The lowest BCUT2D eigenvalue weighted by Crippen LogP contribution is -2.40. The highest BCUT2D eigenvalue weighted by Crippen LogP contribution is 2.29. The number of carbonyl (C=O) groups excluding carboxylic acids is 1. The van der Waals surface area contributed by atoms with Crippen molar-refractivity contribution in [2.24, 2.45) is 0 Å². The molecule has 0 saturated heterocycles. The lowest BCUT2D eigenvalue weighted by molar-refractivity contribution is 0.0919. The monoisotopic (exact) mass is 387 g/mol. The highest BCUT2D eigenvalue weighted by atomic mass is 32.2. The van der Waals surface area contributed by atoms with Gasteiger partial charge in [0.2, 0.25) is 0 Å².